The second kappa shape index (κ2) is 7.09. The zero-order chi connectivity index (χ0) is 18.0. The Balaban J connectivity index is 2.00. The number of amides is 1. The van der Waals surface area contributed by atoms with Gasteiger partial charge in [-0.05, 0) is 71.6 Å². The standard InChI is InChI=1S/C19H28N2O2S/c1-18(2,3)23-17(22)20-19(4,5)10-12-21-11-9-14-13-15(24-6)7-8-16(14)21/h7-9,11,13H,10,12H2,1-6H3,(H,20,22). The molecule has 0 aliphatic carbocycles. The van der Waals surface area contributed by atoms with Crippen molar-refractivity contribution in [3.63, 3.8) is 0 Å². The number of ether oxygens (including phenoxy) is 1. The summed E-state index contributed by atoms with van der Waals surface area (Å²) in [5.41, 5.74) is 0.407. The fourth-order valence-electron chi connectivity index (χ4n) is 2.54. The van der Waals surface area contributed by atoms with Crippen LogP contribution in [-0.4, -0.2) is 28.1 Å². The van der Waals surface area contributed by atoms with Crippen molar-refractivity contribution < 1.29 is 9.53 Å². The highest BCUT2D eigenvalue weighted by Crippen LogP contribution is 2.24. The first-order chi connectivity index (χ1) is 11.1. The smallest absolute Gasteiger partial charge is 0.408 e. The van der Waals surface area contributed by atoms with E-state index in [9.17, 15) is 4.79 Å². The summed E-state index contributed by atoms with van der Waals surface area (Å²) in [5, 5.41) is 4.21. The quantitative estimate of drug-likeness (QED) is 0.768. The molecule has 1 aromatic carbocycles. The van der Waals surface area contributed by atoms with E-state index in [4.69, 9.17) is 4.74 Å². The number of alkyl carbamates (subject to hydrolysis) is 1. The first-order valence-electron chi connectivity index (χ1n) is 8.24. The molecule has 0 atom stereocenters. The van der Waals surface area contributed by atoms with Gasteiger partial charge in [0, 0.05) is 34.1 Å². The minimum Gasteiger partial charge on any atom is -0.444 e. The van der Waals surface area contributed by atoms with Crippen LogP contribution in [0.2, 0.25) is 0 Å². The molecule has 0 spiro atoms. The number of nitrogens with zero attached hydrogens (tertiary/aromatic N) is 1. The number of fused-ring (bicyclic) bond motifs is 1. The van der Waals surface area contributed by atoms with Gasteiger partial charge in [-0.2, -0.15) is 0 Å². The minimum absolute atomic E-state index is 0.335. The van der Waals surface area contributed by atoms with E-state index < -0.39 is 5.60 Å². The van der Waals surface area contributed by atoms with Gasteiger partial charge >= 0.3 is 6.09 Å². The predicted octanol–water partition coefficient (Wildman–Crippen LogP) is 5.06. The zero-order valence-electron chi connectivity index (χ0n) is 15.5. The van der Waals surface area contributed by atoms with Crippen LogP contribution in [0.4, 0.5) is 4.79 Å². The van der Waals surface area contributed by atoms with Crippen LogP contribution in [0, 0.1) is 0 Å². The van der Waals surface area contributed by atoms with Crippen LogP contribution in [0.5, 0.6) is 0 Å². The van der Waals surface area contributed by atoms with Gasteiger partial charge in [0.2, 0.25) is 0 Å². The fraction of sp³-hybridized carbons (Fsp3) is 0.526. The van der Waals surface area contributed by atoms with Crippen molar-refractivity contribution in [1.29, 1.82) is 0 Å². The summed E-state index contributed by atoms with van der Waals surface area (Å²) in [6, 6.07) is 8.66. The Labute approximate surface area is 148 Å². The molecule has 4 nitrogen and oxygen atoms in total. The molecule has 0 saturated carbocycles. The second-order valence-electron chi connectivity index (χ2n) is 7.69. The molecular weight excluding hydrogens is 320 g/mol. The molecule has 1 aromatic heterocycles. The van der Waals surface area contributed by atoms with E-state index in [1.807, 2.05) is 34.6 Å². The molecule has 132 valence electrons. The maximum Gasteiger partial charge on any atom is 0.408 e. The second-order valence-corrected chi connectivity index (χ2v) is 8.57. The molecule has 0 saturated heterocycles. The molecule has 2 rings (SSSR count). The summed E-state index contributed by atoms with van der Waals surface area (Å²) in [6.45, 7) is 10.5. The van der Waals surface area contributed by atoms with E-state index >= 15 is 0 Å². The van der Waals surface area contributed by atoms with Crippen LogP contribution in [0.15, 0.2) is 35.4 Å². The van der Waals surface area contributed by atoms with Gasteiger partial charge in [-0.15, -0.1) is 11.8 Å². The van der Waals surface area contributed by atoms with Crippen molar-refractivity contribution in [1.82, 2.24) is 9.88 Å². The van der Waals surface area contributed by atoms with E-state index in [1.54, 1.807) is 11.8 Å². The molecule has 0 aliphatic heterocycles. The number of thioether (sulfide) groups is 1. The summed E-state index contributed by atoms with van der Waals surface area (Å²) in [4.78, 5) is 13.2. The number of nitrogens with one attached hydrogen (secondary N) is 1. The van der Waals surface area contributed by atoms with Crippen molar-refractivity contribution in [2.24, 2.45) is 0 Å². The number of aryl methyl sites for hydroxylation is 1. The van der Waals surface area contributed by atoms with Crippen LogP contribution in [0.3, 0.4) is 0 Å². The molecule has 1 heterocycles. The van der Waals surface area contributed by atoms with Crippen molar-refractivity contribution in [3.8, 4) is 0 Å². The van der Waals surface area contributed by atoms with Gasteiger partial charge in [0.05, 0.1) is 0 Å². The Hall–Kier alpha value is -1.62. The van der Waals surface area contributed by atoms with Crippen LogP contribution in [0.1, 0.15) is 41.0 Å². The van der Waals surface area contributed by atoms with Gasteiger partial charge in [-0.1, -0.05) is 0 Å². The number of carbonyl (C=O) groups excluding carboxylic acids is 1. The molecule has 1 amide bonds. The minimum atomic E-state index is -0.480. The Morgan fingerprint density at radius 2 is 1.92 bits per heavy atom. The van der Waals surface area contributed by atoms with Gasteiger partial charge in [-0.3, -0.25) is 0 Å². The number of carbonyl (C=O) groups is 1. The van der Waals surface area contributed by atoms with E-state index in [2.05, 4.69) is 46.6 Å². The van der Waals surface area contributed by atoms with Crippen LogP contribution < -0.4 is 5.32 Å². The van der Waals surface area contributed by atoms with Gasteiger partial charge in [0.15, 0.2) is 0 Å². The number of hydrogen-bond donors (Lipinski definition) is 1. The first kappa shape index (κ1) is 18.7. The van der Waals surface area contributed by atoms with Gasteiger partial charge < -0.3 is 14.6 Å². The van der Waals surface area contributed by atoms with Crippen LogP contribution in [-0.2, 0) is 11.3 Å². The largest absolute Gasteiger partial charge is 0.444 e. The number of rotatable bonds is 5. The lowest BCUT2D eigenvalue weighted by atomic mass is 10.0. The Bertz CT molecular complexity index is 714. The molecule has 2 aromatic rings. The lowest BCUT2D eigenvalue weighted by Gasteiger charge is -2.29. The average molecular weight is 349 g/mol. The van der Waals surface area contributed by atoms with Crippen molar-refractivity contribution >= 4 is 28.8 Å². The maximum absolute atomic E-state index is 12.0. The summed E-state index contributed by atoms with van der Waals surface area (Å²) >= 11 is 1.75. The molecule has 5 heteroatoms. The third-order valence-electron chi connectivity index (χ3n) is 3.80. The average Bonchev–Trinajstić information content (AvgIpc) is 2.84. The van der Waals surface area contributed by atoms with Crippen molar-refractivity contribution in [2.75, 3.05) is 6.26 Å². The first-order valence-corrected chi connectivity index (χ1v) is 9.46. The van der Waals surface area contributed by atoms with Crippen molar-refractivity contribution in [3.05, 3.63) is 30.5 Å². The molecular formula is C19H28N2O2S. The molecule has 0 radical (unpaired) electrons. The predicted molar refractivity (Wildman–Crippen MR) is 102 cm³/mol. The molecule has 0 fully saturated rings. The lowest BCUT2D eigenvalue weighted by Crippen LogP contribution is -2.46. The van der Waals surface area contributed by atoms with Gasteiger partial charge in [-0.25, -0.2) is 4.79 Å². The Morgan fingerprint density at radius 1 is 1.21 bits per heavy atom. The lowest BCUT2D eigenvalue weighted by molar-refractivity contribution is 0.0466. The highest BCUT2D eigenvalue weighted by molar-refractivity contribution is 7.98. The summed E-state index contributed by atoms with van der Waals surface area (Å²) in [6.07, 6.45) is 4.65. The maximum atomic E-state index is 12.0. The molecule has 0 aliphatic rings. The molecule has 1 N–H and O–H groups in total. The molecule has 0 bridgehead atoms. The van der Waals surface area contributed by atoms with E-state index in [0.29, 0.717) is 0 Å². The molecule has 24 heavy (non-hydrogen) atoms. The summed E-state index contributed by atoms with van der Waals surface area (Å²) in [7, 11) is 0. The third-order valence-corrected chi connectivity index (χ3v) is 4.52. The highest BCUT2D eigenvalue weighted by Gasteiger charge is 2.24. The normalized spacial score (nSPS) is 12.4. The SMILES string of the molecule is CSc1ccc2c(ccn2CCC(C)(C)NC(=O)OC(C)(C)C)c1. The van der Waals surface area contributed by atoms with Gasteiger partial charge in [0.25, 0.3) is 0 Å². The van der Waals surface area contributed by atoms with E-state index in [1.165, 1.54) is 15.8 Å². The zero-order valence-corrected chi connectivity index (χ0v) is 16.3. The Morgan fingerprint density at radius 3 is 2.54 bits per heavy atom. The van der Waals surface area contributed by atoms with Gasteiger partial charge in [0.1, 0.15) is 5.60 Å². The third kappa shape index (κ3) is 5.20. The number of hydrogen-bond acceptors (Lipinski definition) is 3. The van der Waals surface area contributed by atoms with E-state index in [-0.39, 0.29) is 11.6 Å². The fourth-order valence-corrected chi connectivity index (χ4v) is 2.99. The monoisotopic (exact) mass is 348 g/mol. The topological polar surface area (TPSA) is 43.3 Å². The van der Waals surface area contributed by atoms with Crippen LogP contribution in [0.25, 0.3) is 10.9 Å². The summed E-state index contributed by atoms with van der Waals surface area (Å²) in [5.74, 6) is 0. The highest BCUT2D eigenvalue weighted by atomic mass is 32.2. The van der Waals surface area contributed by atoms with E-state index in [0.717, 1.165) is 13.0 Å². The molecule has 0 unspecified atom stereocenters. The van der Waals surface area contributed by atoms with Crippen LogP contribution >= 0.6 is 11.8 Å². The number of aromatic nitrogens is 1. The number of benzene rings is 1. The summed E-state index contributed by atoms with van der Waals surface area (Å²) < 4.78 is 7.58. The Kier molecular flexibility index (Phi) is 5.53. The van der Waals surface area contributed by atoms with Crippen molar-refractivity contribution in [2.45, 2.75) is 63.6 Å².